The molecule has 0 saturated carbocycles. The van der Waals surface area contributed by atoms with Crippen LogP contribution in [0, 0.1) is 0 Å². The summed E-state index contributed by atoms with van der Waals surface area (Å²) in [5.41, 5.74) is -0.168. The first kappa shape index (κ1) is 16.7. The minimum absolute atomic E-state index is 0.000950. The van der Waals surface area contributed by atoms with Gasteiger partial charge < -0.3 is 4.90 Å². The summed E-state index contributed by atoms with van der Waals surface area (Å²) in [4.78, 5) is 2.02. The predicted octanol–water partition coefficient (Wildman–Crippen LogP) is 3.94. The molecule has 1 saturated heterocycles. The molecule has 0 aliphatic carbocycles. The summed E-state index contributed by atoms with van der Waals surface area (Å²) in [5.74, 6) is 0. The van der Waals surface area contributed by atoms with Gasteiger partial charge in [-0.15, -0.1) is 11.3 Å². The minimum atomic E-state index is -4.52. The quantitative estimate of drug-likeness (QED) is 0.782. The molecule has 2 aliphatic heterocycles. The summed E-state index contributed by atoms with van der Waals surface area (Å²) in [6.07, 6.45) is -2.79. The molecule has 134 valence electrons. The molecule has 3 heterocycles. The van der Waals surface area contributed by atoms with Gasteiger partial charge in [0.2, 0.25) is 0 Å². The van der Waals surface area contributed by atoms with Crippen LogP contribution in [-0.4, -0.2) is 27.5 Å². The predicted molar refractivity (Wildman–Crippen MR) is 90.7 cm³/mol. The molecular formula is C16H15F3N2O2S2. The highest BCUT2D eigenvalue weighted by Gasteiger charge is 2.41. The van der Waals surface area contributed by atoms with E-state index in [1.165, 1.54) is 12.1 Å². The number of fused-ring (bicyclic) bond motifs is 3. The van der Waals surface area contributed by atoms with Crippen molar-refractivity contribution in [1.29, 1.82) is 0 Å². The van der Waals surface area contributed by atoms with E-state index in [2.05, 4.69) is 0 Å². The fourth-order valence-electron chi connectivity index (χ4n) is 3.52. The lowest BCUT2D eigenvalue weighted by molar-refractivity contribution is -0.137. The van der Waals surface area contributed by atoms with Crippen LogP contribution in [0.15, 0.2) is 39.9 Å². The van der Waals surface area contributed by atoms with E-state index in [-0.39, 0.29) is 22.5 Å². The van der Waals surface area contributed by atoms with Crippen LogP contribution in [0.5, 0.6) is 0 Å². The molecule has 1 atom stereocenters. The van der Waals surface area contributed by atoms with E-state index in [1.54, 1.807) is 11.4 Å². The fourth-order valence-corrected chi connectivity index (χ4v) is 6.13. The lowest BCUT2D eigenvalue weighted by Gasteiger charge is -2.40. The van der Waals surface area contributed by atoms with Crippen molar-refractivity contribution in [2.45, 2.75) is 29.3 Å². The van der Waals surface area contributed by atoms with Crippen LogP contribution >= 0.6 is 11.3 Å². The number of sulfonamides is 1. The van der Waals surface area contributed by atoms with Gasteiger partial charge in [0.15, 0.2) is 0 Å². The number of benzene rings is 1. The molecule has 4 nitrogen and oxygen atoms in total. The van der Waals surface area contributed by atoms with Gasteiger partial charge in [0.1, 0.15) is 4.21 Å². The van der Waals surface area contributed by atoms with Crippen molar-refractivity contribution in [2.24, 2.45) is 0 Å². The normalized spacial score (nSPS) is 20.5. The average molecular weight is 388 g/mol. The molecule has 1 aromatic heterocycles. The second kappa shape index (κ2) is 5.63. The molecule has 0 spiro atoms. The Bertz CT molecular complexity index is 895. The smallest absolute Gasteiger partial charge is 0.365 e. The Kier molecular flexibility index (Phi) is 3.77. The molecule has 2 aliphatic rings. The van der Waals surface area contributed by atoms with Crippen molar-refractivity contribution in [3.05, 3.63) is 41.3 Å². The largest absolute Gasteiger partial charge is 0.416 e. The van der Waals surface area contributed by atoms with E-state index in [9.17, 15) is 21.6 Å². The van der Waals surface area contributed by atoms with E-state index in [1.807, 2.05) is 4.90 Å². The van der Waals surface area contributed by atoms with Crippen molar-refractivity contribution in [1.82, 2.24) is 0 Å². The van der Waals surface area contributed by atoms with Crippen LogP contribution in [0.2, 0.25) is 0 Å². The van der Waals surface area contributed by atoms with Gasteiger partial charge >= 0.3 is 6.18 Å². The molecule has 0 radical (unpaired) electrons. The summed E-state index contributed by atoms with van der Waals surface area (Å²) in [6, 6.07) is 6.47. The van der Waals surface area contributed by atoms with Crippen molar-refractivity contribution in [2.75, 3.05) is 22.3 Å². The molecule has 0 unspecified atom stereocenters. The van der Waals surface area contributed by atoms with Crippen molar-refractivity contribution < 1.29 is 21.6 Å². The molecular weight excluding hydrogens is 373 g/mol. The highest BCUT2D eigenvalue weighted by molar-refractivity contribution is 7.94. The molecule has 1 aromatic carbocycles. The maximum atomic E-state index is 13.1. The lowest BCUT2D eigenvalue weighted by Crippen LogP contribution is -2.48. The van der Waals surface area contributed by atoms with E-state index < -0.39 is 21.8 Å². The summed E-state index contributed by atoms with van der Waals surface area (Å²) < 4.78 is 66.7. The van der Waals surface area contributed by atoms with Gasteiger partial charge in [-0.3, -0.25) is 4.31 Å². The van der Waals surface area contributed by atoms with Crippen LogP contribution < -0.4 is 9.21 Å². The zero-order valence-electron chi connectivity index (χ0n) is 13.0. The van der Waals surface area contributed by atoms with Crippen molar-refractivity contribution in [3.63, 3.8) is 0 Å². The topological polar surface area (TPSA) is 40.6 Å². The van der Waals surface area contributed by atoms with E-state index in [4.69, 9.17) is 0 Å². The summed E-state index contributed by atoms with van der Waals surface area (Å²) in [7, 11) is -3.88. The number of hydrogen-bond donors (Lipinski definition) is 0. The third-order valence-electron chi connectivity index (χ3n) is 4.67. The maximum Gasteiger partial charge on any atom is 0.416 e. The lowest BCUT2D eigenvalue weighted by atomic mass is 10.1. The Morgan fingerprint density at radius 1 is 1.16 bits per heavy atom. The Hall–Kier alpha value is -1.74. The number of nitrogens with zero attached hydrogens (tertiary/aromatic N) is 2. The van der Waals surface area contributed by atoms with Gasteiger partial charge in [0.05, 0.1) is 23.5 Å². The van der Waals surface area contributed by atoms with Gasteiger partial charge in [0.25, 0.3) is 10.0 Å². The SMILES string of the molecule is O=S(=O)(c1cccs1)N1C[C@H]2CCCN2c2ccc(C(F)(F)F)cc21. The number of halogens is 3. The monoisotopic (exact) mass is 388 g/mol. The molecule has 2 aromatic rings. The highest BCUT2D eigenvalue weighted by Crippen LogP contribution is 2.44. The van der Waals surface area contributed by atoms with Crippen LogP contribution in [0.1, 0.15) is 18.4 Å². The molecule has 9 heteroatoms. The standard InChI is InChI=1S/C16H15F3N2O2S2/c17-16(18,19)11-5-6-13-14(9-11)21(10-12-3-1-7-20(12)13)25(22,23)15-4-2-8-24-15/h2,4-6,8-9,12H,1,3,7,10H2/t12-/m1/s1. The Labute approximate surface area is 147 Å². The highest BCUT2D eigenvalue weighted by atomic mass is 32.2. The third-order valence-corrected chi connectivity index (χ3v) is 7.83. The van der Waals surface area contributed by atoms with Crippen molar-refractivity contribution >= 4 is 32.7 Å². The van der Waals surface area contributed by atoms with Crippen LogP contribution in [0.4, 0.5) is 24.5 Å². The zero-order valence-corrected chi connectivity index (χ0v) is 14.7. The number of hydrogen-bond acceptors (Lipinski definition) is 4. The van der Waals surface area contributed by atoms with E-state index >= 15 is 0 Å². The van der Waals surface area contributed by atoms with Gasteiger partial charge in [0, 0.05) is 12.6 Å². The second-order valence-corrected chi connectivity index (χ2v) is 9.20. The first-order chi connectivity index (χ1) is 11.8. The molecule has 0 N–H and O–H groups in total. The number of anilines is 2. The number of rotatable bonds is 2. The Morgan fingerprint density at radius 2 is 1.96 bits per heavy atom. The average Bonchev–Trinajstić information content (AvgIpc) is 3.24. The second-order valence-electron chi connectivity index (χ2n) is 6.16. The van der Waals surface area contributed by atoms with E-state index in [0.717, 1.165) is 47.2 Å². The molecule has 25 heavy (non-hydrogen) atoms. The zero-order chi connectivity index (χ0) is 17.8. The van der Waals surface area contributed by atoms with Crippen LogP contribution in [0.3, 0.4) is 0 Å². The van der Waals surface area contributed by atoms with E-state index in [0.29, 0.717) is 5.69 Å². The maximum absolute atomic E-state index is 13.1. The summed E-state index contributed by atoms with van der Waals surface area (Å²) in [5, 5.41) is 1.64. The van der Waals surface area contributed by atoms with Crippen molar-refractivity contribution in [3.8, 4) is 0 Å². The molecule has 4 rings (SSSR count). The molecule has 0 amide bonds. The van der Waals surface area contributed by atoms with Gasteiger partial charge in [-0.2, -0.15) is 13.2 Å². The first-order valence-corrected chi connectivity index (χ1v) is 10.1. The number of thiophene rings is 1. The summed E-state index contributed by atoms with van der Waals surface area (Å²) >= 11 is 1.07. The fraction of sp³-hybridized carbons (Fsp3) is 0.375. The van der Waals surface area contributed by atoms with Crippen LogP contribution in [-0.2, 0) is 16.2 Å². The molecule has 0 bridgehead atoms. The minimum Gasteiger partial charge on any atom is -0.365 e. The van der Waals surface area contributed by atoms with Gasteiger partial charge in [-0.1, -0.05) is 6.07 Å². The third kappa shape index (κ3) is 2.69. The Morgan fingerprint density at radius 3 is 2.64 bits per heavy atom. The van der Waals surface area contributed by atoms with Gasteiger partial charge in [-0.25, -0.2) is 8.42 Å². The first-order valence-electron chi connectivity index (χ1n) is 7.82. The molecule has 1 fully saturated rings. The number of alkyl halides is 3. The Balaban J connectivity index is 1.88. The summed E-state index contributed by atoms with van der Waals surface area (Å²) in [6.45, 7) is 0.907. The van der Waals surface area contributed by atoms with Gasteiger partial charge in [-0.05, 0) is 42.5 Å². The van der Waals surface area contributed by atoms with Crippen LogP contribution in [0.25, 0.3) is 0 Å².